The molecular formula is C11H20F2N2. The highest BCUT2D eigenvalue weighted by Crippen LogP contribution is 2.26. The van der Waals surface area contributed by atoms with Crippen LogP contribution in [0.4, 0.5) is 8.78 Å². The van der Waals surface area contributed by atoms with Gasteiger partial charge in [0.05, 0.1) is 6.54 Å². The molecule has 0 spiro atoms. The van der Waals surface area contributed by atoms with Gasteiger partial charge in [-0.15, -0.1) is 0 Å². The van der Waals surface area contributed by atoms with E-state index >= 15 is 0 Å². The smallest absolute Gasteiger partial charge is 0.251 e. The van der Waals surface area contributed by atoms with Crippen LogP contribution in [-0.4, -0.2) is 44.0 Å². The number of rotatable bonds is 4. The summed E-state index contributed by atoms with van der Waals surface area (Å²) in [5.41, 5.74) is 0. The molecule has 0 aromatic rings. The zero-order chi connectivity index (χ0) is 10.7. The van der Waals surface area contributed by atoms with Crippen LogP contribution >= 0.6 is 0 Å². The van der Waals surface area contributed by atoms with Gasteiger partial charge in [0.2, 0.25) is 0 Å². The quantitative estimate of drug-likeness (QED) is 0.770. The lowest BCUT2D eigenvalue weighted by Gasteiger charge is -2.36. The van der Waals surface area contributed by atoms with Crippen LogP contribution in [0.15, 0.2) is 0 Å². The van der Waals surface area contributed by atoms with Crippen LogP contribution in [0.1, 0.15) is 19.3 Å². The third kappa shape index (κ3) is 3.38. The van der Waals surface area contributed by atoms with Gasteiger partial charge >= 0.3 is 0 Å². The second kappa shape index (κ2) is 5.21. The van der Waals surface area contributed by atoms with E-state index in [1.807, 2.05) is 4.90 Å². The number of nitrogens with one attached hydrogen (secondary N) is 1. The van der Waals surface area contributed by atoms with E-state index in [0.29, 0.717) is 0 Å². The highest BCUT2D eigenvalue weighted by atomic mass is 19.3. The maximum atomic E-state index is 12.1. The monoisotopic (exact) mass is 218 g/mol. The van der Waals surface area contributed by atoms with Crippen LogP contribution in [0.5, 0.6) is 0 Å². The van der Waals surface area contributed by atoms with E-state index in [-0.39, 0.29) is 6.54 Å². The van der Waals surface area contributed by atoms with Gasteiger partial charge in [-0.1, -0.05) is 0 Å². The summed E-state index contributed by atoms with van der Waals surface area (Å²) in [5, 5.41) is 3.28. The predicted molar refractivity (Wildman–Crippen MR) is 56.1 cm³/mol. The summed E-state index contributed by atoms with van der Waals surface area (Å²) < 4.78 is 24.3. The average Bonchev–Trinajstić information content (AvgIpc) is 2.13. The molecule has 88 valence electrons. The molecular weight excluding hydrogens is 198 g/mol. The van der Waals surface area contributed by atoms with Crippen LogP contribution in [0.3, 0.4) is 0 Å². The Balaban J connectivity index is 1.62. The van der Waals surface area contributed by atoms with Crippen molar-refractivity contribution in [2.75, 3.05) is 32.7 Å². The molecule has 0 radical (unpaired) electrons. The Bertz CT molecular complexity index is 187. The zero-order valence-corrected chi connectivity index (χ0v) is 9.09. The van der Waals surface area contributed by atoms with E-state index in [9.17, 15) is 8.78 Å². The fourth-order valence-corrected chi connectivity index (χ4v) is 2.59. The minimum Gasteiger partial charge on any atom is -0.316 e. The summed E-state index contributed by atoms with van der Waals surface area (Å²) in [6, 6.07) is 0. The zero-order valence-electron chi connectivity index (χ0n) is 9.09. The first-order chi connectivity index (χ1) is 7.24. The lowest BCUT2D eigenvalue weighted by atomic mass is 9.85. The van der Waals surface area contributed by atoms with Gasteiger partial charge in [-0.25, -0.2) is 8.78 Å². The van der Waals surface area contributed by atoms with E-state index in [2.05, 4.69) is 5.32 Å². The molecule has 2 fully saturated rings. The maximum absolute atomic E-state index is 12.1. The lowest BCUT2D eigenvalue weighted by molar-refractivity contribution is 0.0644. The molecule has 0 saturated carbocycles. The second-order valence-corrected chi connectivity index (χ2v) is 4.90. The Labute approximate surface area is 90.0 Å². The molecule has 0 bridgehead atoms. The normalized spacial score (nSPS) is 25.8. The van der Waals surface area contributed by atoms with Gasteiger partial charge in [-0.05, 0) is 57.3 Å². The van der Waals surface area contributed by atoms with E-state index in [4.69, 9.17) is 0 Å². The van der Waals surface area contributed by atoms with E-state index in [1.165, 1.54) is 6.42 Å². The van der Waals surface area contributed by atoms with Crippen LogP contribution in [0.25, 0.3) is 0 Å². The molecule has 2 aliphatic heterocycles. The van der Waals surface area contributed by atoms with Crippen molar-refractivity contribution in [3.63, 3.8) is 0 Å². The maximum Gasteiger partial charge on any atom is 0.251 e. The molecule has 0 unspecified atom stereocenters. The standard InChI is InChI=1S/C11H20F2N2/c12-11(13)8-15-3-1-9(2-4-15)5-10-6-14-7-10/h9-11,14H,1-8H2. The molecule has 2 saturated heterocycles. The number of nitrogens with zero attached hydrogens (tertiary/aromatic N) is 1. The topological polar surface area (TPSA) is 15.3 Å². The number of likely N-dealkylation sites (tertiary alicyclic amines) is 1. The van der Waals surface area contributed by atoms with Crippen molar-refractivity contribution in [1.82, 2.24) is 10.2 Å². The van der Waals surface area contributed by atoms with Crippen molar-refractivity contribution in [2.24, 2.45) is 11.8 Å². The Hall–Kier alpha value is -0.220. The van der Waals surface area contributed by atoms with Crippen molar-refractivity contribution in [2.45, 2.75) is 25.7 Å². The summed E-state index contributed by atoms with van der Waals surface area (Å²) in [4.78, 5) is 1.90. The van der Waals surface area contributed by atoms with E-state index in [0.717, 1.165) is 50.9 Å². The highest BCUT2D eigenvalue weighted by Gasteiger charge is 2.25. The highest BCUT2D eigenvalue weighted by molar-refractivity contribution is 4.80. The van der Waals surface area contributed by atoms with Gasteiger partial charge in [0, 0.05) is 0 Å². The molecule has 2 rings (SSSR count). The molecule has 0 aromatic carbocycles. The van der Waals surface area contributed by atoms with Crippen molar-refractivity contribution < 1.29 is 8.78 Å². The summed E-state index contributed by atoms with van der Waals surface area (Å²) in [6.45, 7) is 4.04. The van der Waals surface area contributed by atoms with Gasteiger partial charge in [-0.2, -0.15) is 0 Å². The summed E-state index contributed by atoms with van der Waals surface area (Å²) in [5.74, 6) is 1.64. The molecule has 2 nitrogen and oxygen atoms in total. The molecule has 0 aliphatic carbocycles. The first-order valence-corrected chi connectivity index (χ1v) is 5.95. The van der Waals surface area contributed by atoms with Crippen molar-refractivity contribution in [3.8, 4) is 0 Å². The fourth-order valence-electron chi connectivity index (χ4n) is 2.59. The van der Waals surface area contributed by atoms with Gasteiger partial charge in [0.15, 0.2) is 0 Å². The van der Waals surface area contributed by atoms with Crippen LogP contribution in [0, 0.1) is 11.8 Å². The van der Waals surface area contributed by atoms with Crippen molar-refractivity contribution in [3.05, 3.63) is 0 Å². The third-order valence-corrected chi connectivity index (χ3v) is 3.64. The Kier molecular flexibility index (Phi) is 3.92. The molecule has 0 aromatic heterocycles. The van der Waals surface area contributed by atoms with Crippen LogP contribution < -0.4 is 5.32 Å². The predicted octanol–water partition coefficient (Wildman–Crippen LogP) is 1.57. The minimum absolute atomic E-state index is 0.0301. The van der Waals surface area contributed by atoms with E-state index < -0.39 is 6.43 Å². The summed E-state index contributed by atoms with van der Waals surface area (Å²) in [7, 11) is 0. The van der Waals surface area contributed by atoms with Crippen LogP contribution in [0.2, 0.25) is 0 Å². The molecule has 2 aliphatic rings. The third-order valence-electron chi connectivity index (χ3n) is 3.64. The molecule has 0 amide bonds. The number of alkyl halides is 2. The summed E-state index contributed by atoms with van der Waals surface area (Å²) >= 11 is 0. The van der Waals surface area contributed by atoms with Crippen molar-refractivity contribution >= 4 is 0 Å². The van der Waals surface area contributed by atoms with Gasteiger partial charge in [0.25, 0.3) is 6.43 Å². The molecule has 4 heteroatoms. The largest absolute Gasteiger partial charge is 0.316 e. The van der Waals surface area contributed by atoms with Gasteiger partial charge in [-0.3, -0.25) is 4.90 Å². The fraction of sp³-hybridized carbons (Fsp3) is 1.00. The minimum atomic E-state index is -2.17. The van der Waals surface area contributed by atoms with Gasteiger partial charge < -0.3 is 5.32 Å². The molecule has 2 heterocycles. The lowest BCUT2D eigenvalue weighted by Crippen LogP contribution is -2.44. The SMILES string of the molecule is FC(F)CN1CCC(CC2CNC2)CC1. The number of halogens is 2. The summed E-state index contributed by atoms with van der Waals surface area (Å²) in [6.07, 6.45) is 1.36. The molecule has 15 heavy (non-hydrogen) atoms. The first kappa shape index (κ1) is 11.3. The Morgan fingerprint density at radius 2 is 1.80 bits per heavy atom. The van der Waals surface area contributed by atoms with Crippen molar-refractivity contribution in [1.29, 1.82) is 0 Å². The number of hydrogen-bond donors (Lipinski definition) is 1. The van der Waals surface area contributed by atoms with Gasteiger partial charge in [0.1, 0.15) is 0 Å². The number of piperidine rings is 1. The Morgan fingerprint density at radius 1 is 1.13 bits per heavy atom. The molecule has 0 atom stereocenters. The van der Waals surface area contributed by atoms with Crippen LogP contribution in [-0.2, 0) is 0 Å². The second-order valence-electron chi connectivity index (χ2n) is 4.90. The van der Waals surface area contributed by atoms with E-state index in [1.54, 1.807) is 0 Å². The first-order valence-electron chi connectivity index (χ1n) is 5.95. The molecule has 1 N–H and O–H groups in total. The Morgan fingerprint density at radius 3 is 2.27 bits per heavy atom. The average molecular weight is 218 g/mol. The number of hydrogen-bond acceptors (Lipinski definition) is 2.